The topological polar surface area (TPSA) is 153 Å². The van der Waals surface area contributed by atoms with Gasteiger partial charge in [-0.1, -0.05) is 27.2 Å². The Kier molecular flexibility index (Phi) is 10.1. The van der Waals surface area contributed by atoms with Gasteiger partial charge in [0.25, 0.3) is 5.56 Å². The smallest absolute Gasteiger partial charge is 0.279 e. The number of hydrogen-bond acceptors (Lipinski definition) is 10. The number of rotatable bonds is 14. The van der Waals surface area contributed by atoms with Crippen LogP contribution in [0.2, 0.25) is 0 Å². The van der Waals surface area contributed by atoms with Crippen LogP contribution in [0.5, 0.6) is 5.75 Å². The fraction of sp³-hybridized carbons (Fsp3) is 0.552. The van der Waals surface area contributed by atoms with Crippen molar-refractivity contribution in [1.29, 1.82) is 0 Å². The summed E-state index contributed by atoms with van der Waals surface area (Å²) >= 11 is 0. The maximum absolute atomic E-state index is 13.7. The van der Waals surface area contributed by atoms with Crippen LogP contribution >= 0.6 is 0 Å². The molecule has 0 amide bonds. The lowest BCUT2D eigenvalue weighted by atomic mass is 10.1. The molecule has 0 saturated carbocycles. The summed E-state index contributed by atoms with van der Waals surface area (Å²) in [7, 11) is -2.15. The SMILES string of the molecule is CCCOc1ccc(S(=O)(=O)N2CCN(CC)CC2)cc1-c1nc2c(CCC)n(Cc3ncnn3CCOC)nc2c(=O)[nH]1. The fourth-order valence-electron chi connectivity index (χ4n) is 5.34. The zero-order valence-corrected chi connectivity index (χ0v) is 26.6. The van der Waals surface area contributed by atoms with Crippen LogP contribution in [0, 0.1) is 0 Å². The van der Waals surface area contributed by atoms with E-state index < -0.39 is 15.6 Å². The van der Waals surface area contributed by atoms with E-state index in [9.17, 15) is 13.2 Å². The Hall–Kier alpha value is -3.66. The van der Waals surface area contributed by atoms with Crippen LogP contribution in [0.3, 0.4) is 0 Å². The fourth-order valence-corrected chi connectivity index (χ4v) is 6.79. The number of aromatic amines is 1. The lowest BCUT2D eigenvalue weighted by molar-refractivity contribution is 0.182. The molecular weight excluding hydrogens is 586 g/mol. The molecule has 5 rings (SSSR count). The third kappa shape index (κ3) is 6.55. The monoisotopic (exact) mass is 627 g/mol. The van der Waals surface area contributed by atoms with Gasteiger partial charge in [-0.3, -0.25) is 9.48 Å². The number of methoxy groups -OCH3 is 1. The number of hydrogen-bond donors (Lipinski definition) is 1. The van der Waals surface area contributed by atoms with Crippen molar-refractivity contribution < 1.29 is 17.9 Å². The predicted molar refractivity (Wildman–Crippen MR) is 165 cm³/mol. The van der Waals surface area contributed by atoms with E-state index in [1.807, 2.05) is 13.8 Å². The highest BCUT2D eigenvalue weighted by molar-refractivity contribution is 7.89. The number of benzene rings is 1. The molecule has 44 heavy (non-hydrogen) atoms. The van der Waals surface area contributed by atoms with E-state index in [0.717, 1.165) is 25.1 Å². The Balaban J connectivity index is 1.57. The largest absolute Gasteiger partial charge is 0.493 e. The minimum absolute atomic E-state index is 0.129. The number of sulfonamides is 1. The molecule has 0 aliphatic carbocycles. The summed E-state index contributed by atoms with van der Waals surface area (Å²) < 4.78 is 43.6. The second kappa shape index (κ2) is 14.0. The van der Waals surface area contributed by atoms with E-state index in [1.165, 1.54) is 10.6 Å². The minimum Gasteiger partial charge on any atom is -0.493 e. The van der Waals surface area contributed by atoms with Gasteiger partial charge in [0.15, 0.2) is 5.52 Å². The molecule has 0 bridgehead atoms. The number of nitrogens with zero attached hydrogens (tertiary/aromatic N) is 8. The summed E-state index contributed by atoms with van der Waals surface area (Å²) in [6.07, 6.45) is 3.66. The van der Waals surface area contributed by atoms with Crippen molar-refractivity contribution in [3.63, 3.8) is 0 Å². The molecule has 15 heteroatoms. The van der Waals surface area contributed by atoms with E-state index in [4.69, 9.17) is 14.5 Å². The average molecular weight is 628 g/mol. The summed E-state index contributed by atoms with van der Waals surface area (Å²) in [5.41, 5.74) is 1.42. The van der Waals surface area contributed by atoms with Crippen molar-refractivity contribution >= 4 is 21.1 Å². The molecule has 1 aromatic carbocycles. The van der Waals surface area contributed by atoms with E-state index in [0.29, 0.717) is 81.6 Å². The van der Waals surface area contributed by atoms with Crippen LogP contribution in [0.1, 0.15) is 45.1 Å². The van der Waals surface area contributed by atoms with Crippen LogP contribution in [-0.2, 0) is 34.3 Å². The van der Waals surface area contributed by atoms with Gasteiger partial charge in [0, 0.05) is 33.3 Å². The maximum Gasteiger partial charge on any atom is 0.279 e. The number of aryl methyl sites for hydroxylation is 1. The molecule has 238 valence electrons. The van der Waals surface area contributed by atoms with Gasteiger partial charge in [0.1, 0.15) is 35.8 Å². The Labute approximate surface area is 257 Å². The molecule has 1 aliphatic rings. The maximum atomic E-state index is 13.7. The van der Waals surface area contributed by atoms with Gasteiger partial charge in [0.05, 0.1) is 35.9 Å². The highest BCUT2D eigenvalue weighted by atomic mass is 32.2. The number of H-pyrrole nitrogens is 1. The molecule has 3 aromatic heterocycles. The highest BCUT2D eigenvalue weighted by Gasteiger charge is 2.29. The first kappa shape index (κ1) is 31.8. The lowest BCUT2D eigenvalue weighted by Crippen LogP contribution is -2.48. The molecule has 4 aromatic rings. The van der Waals surface area contributed by atoms with Crippen molar-refractivity contribution in [2.45, 2.75) is 58.0 Å². The normalized spacial score (nSPS) is 14.9. The number of fused-ring (bicyclic) bond motifs is 1. The van der Waals surface area contributed by atoms with Gasteiger partial charge in [0.2, 0.25) is 10.0 Å². The molecule has 0 atom stereocenters. The summed E-state index contributed by atoms with van der Waals surface area (Å²) in [5.74, 6) is 1.35. The summed E-state index contributed by atoms with van der Waals surface area (Å²) in [6.45, 7) is 10.9. The third-order valence-corrected chi connectivity index (χ3v) is 9.66. The molecule has 4 heterocycles. The second-order valence-corrected chi connectivity index (χ2v) is 12.6. The molecule has 1 saturated heterocycles. The van der Waals surface area contributed by atoms with Gasteiger partial charge < -0.3 is 19.4 Å². The van der Waals surface area contributed by atoms with Gasteiger partial charge >= 0.3 is 0 Å². The number of ether oxygens (including phenoxy) is 2. The van der Waals surface area contributed by atoms with Gasteiger partial charge in [-0.25, -0.2) is 23.1 Å². The van der Waals surface area contributed by atoms with E-state index in [2.05, 4.69) is 32.0 Å². The standard InChI is InChI=1S/C29H41N9O5S/c1-5-8-23-26-27(34-38(23)19-25-30-20-31-37(25)15-17-42-4)29(39)33-28(32-26)22-18-21(9-10-24(22)43-16-6-2)44(40,41)36-13-11-35(7-3)12-14-36/h9-10,18,20H,5-8,11-17,19H2,1-4H3,(H,32,33,39). The Morgan fingerprint density at radius 3 is 2.50 bits per heavy atom. The molecule has 1 aliphatic heterocycles. The van der Waals surface area contributed by atoms with E-state index in [-0.39, 0.29) is 16.2 Å². The van der Waals surface area contributed by atoms with E-state index in [1.54, 1.807) is 34.7 Å². The molecule has 0 radical (unpaired) electrons. The molecule has 14 nitrogen and oxygen atoms in total. The summed E-state index contributed by atoms with van der Waals surface area (Å²) in [5, 5.41) is 8.91. The molecule has 1 N–H and O–H groups in total. The molecule has 0 spiro atoms. The van der Waals surface area contributed by atoms with Crippen molar-refractivity contribution in [1.82, 2.24) is 43.7 Å². The molecule has 1 fully saturated rings. The zero-order chi connectivity index (χ0) is 31.3. The first-order valence-corrected chi connectivity index (χ1v) is 16.6. The zero-order valence-electron chi connectivity index (χ0n) is 25.8. The lowest BCUT2D eigenvalue weighted by Gasteiger charge is -2.33. The van der Waals surface area contributed by atoms with Crippen LogP contribution in [0.25, 0.3) is 22.4 Å². The Morgan fingerprint density at radius 1 is 1.00 bits per heavy atom. The van der Waals surface area contributed by atoms with Crippen molar-refractivity contribution in [3.05, 3.63) is 46.4 Å². The first-order chi connectivity index (χ1) is 21.3. The molecular formula is C29H41N9O5S. The first-order valence-electron chi connectivity index (χ1n) is 15.2. The predicted octanol–water partition coefficient (Wildman–Crippen LogP) is 2.14. The highest BCUT2D eigenvalue weighted by Crippen LogP contribution is 2.32. The Bertz CT molecular complexity index is 1740. The number of aromatic nitrogens is 7. The Morgan fingerprint density at radius 2 is 1.80 bits per heavy atom. The summed E-state index contributed by atoms with van der Waals surface area (Å²) in [4.78, 5) is 27.9. The summed E-state index contributed by atoms with van der Waals surface area (Å²) in [6, 6.07) is 4.76. The van der Waals surface area contributed by atoms with Crippen molar-refractivity contribution in [2.24, 2.45) is 0 Å². The van der Waals surface area contributed by atoms with E-state index >= 15 is 0 Å². The van der Waals surface area contributed by atoms with Gasteiger partial charge in [-0.2, -0.15) is 14.5 Å². The second-order valence-electron chi connectivity index (χ2n) is 10.7. The van der Waals surface area contributed by atoms with Crippen LogP contribution in [-0.4, -0.2) is 105 Å². The van der Waals surface area contributed by atoms with Gasteiger partial charge in [-0.05, 0) is 37.6 Å². The minimum atomic E-state index is -3.78. The van der Waals surface area contributed by atoms with Crippen LogP contribution in [0.15, 0.2) is 34.2 Å². The third-order valence-electron chi connectivity index (χ3n) is 7.77. The van der Waals surface area contributed by atoms with Crippen LogP contribution < -0.4 is 10.3 Å². The van der Waals surface area contributed by atoms with Crippen molar-refractivity contribution in [2.75, 3.05) is 53.0 Å². The quantitative estimate of drug-likeness (QED) is 0.220. The number of likely N-dealkylation sites (N-methyl/N-ethyl adjacent to an activating group) is 1. The van der Waals surface area contributed by atoms with Crippen LogP contribution in [0.4, 0.5) is 0 Å². The van der Waals surface area contributed by atoms with Gasteiger partial charge in [-0.15, -0.1) is 0 Å². The number of piperazine rings is 1. The average Bonchev–Trinajstić information content (AvgIpc) is 3.63. The molecule has 0 unspecified atom stereocenters. The number of nitrogens with one attached hydrogen (secondary N) is 1. The van der Waals surface area contributed by atoms with Crippen molar-refractivity contribution in [3.8, 4) is 17.1 Å².